The molecule has 10 heteroatoms. The molecule has 1 unspecified atom stereocenters. The topological polar surface area (TPSA) is 174 Å². The molecular formula is C26H22O10. The number of esters is 1. The molecule has 3 aromatic rings. The number of hydrogen-bond donors (Lipinski definition) is 6. The van der Waals surface area contributed by atoms with Crippen molar-refractivity contribution in [1.29, 1.82) is 0 Å². The first-order valence-electron chi connectivity index (χ1n) is 10.8. The summed E-state index contributed by atoms with van der Waals surface area (Å²) in [6, 6.07) is 11.0. The third-order valence-electron chi connectivity index (χ3n) is 5.69. The number of rotatable bonds is 7. The van der Waals surface area contributed by atoms with Crippen LogP contribution in [0.15, 0.2) is 54.6 Å². The number of ether oxygens (including phenoxy) is 2. The lowest BCUT2D eigenvalue weighted by atomic mass is 9.98. The first-order valence-corrected chi connectivity index (χ1v) is 10.8. The summed E-state index contributed by atoms with van der Waals surface area (Å²) in [7, 11) is 0. The Morgan fingerprint density at radius 2 is 1.58 bits per heavy atom. The predicted molar refractivity (Wildman–Crippen MR) is 125 cm³/mol. The first-order chi connectivity index (χ1) is 17.1. The van der Waals surface area contributed by atoms with Gasteiger partial charge in [0.2, 0.25) is 6.10 Å². The smallest absolute Gasteiger partial charge is 0.345 e. The van der Waals surface area contributed by atoms with E-state index in [2.05, 4.69) is 0 Å². The zero-order valence-electron chi connectivity index (χ0n) is 18.7. The van der Waals surface area contributed by atoms with Gasteiger partial charge >= 0.3 is 11.9 Å². The molecule has 0 radical (unpaired) electrons. The van der Waals surface area contributed by atoms with E-state index in [0.29, 0.717) is 28.7 Å². The molecule has 6 N–H and O–H groups in total. The Bertz CT molecular complexity index is 1360. The molecule has 0 aromatic heterocycles. The van der Waals surface area contributed by atoms with Crippen LogP contribution >= 0.6 is 0 Å². The van der Waals surface area contributed by atoms with Crippen molar-refractivity contribution in [2.24, 2.45) is 0 Å². The van der Waals surface area contributed by atoms with E-state index in [4.69, 9.17) is 9.47 Å². The molecule has 1 aliphatic heterocycles. The van der Waals surface area contributed by atoms with Crippen LogP contribution < -0.4 is 4.74 Å². The average Bonchev–Trinajstić information content (AvgIpc) is 3.29. The predicted octanol–water partition coefficient (Wildman–Crippen LogP) is 3.14. The van der Waals surface area contributed by atoms with Crippen LogP contribution in [-0.2, 0) is 27.2 Å². The van der Waals surface area contributed by atoms with Crippen LogP contribution in [-0.4, -0.2) is 48.7 Å². The van der Waals surface area contributed by atoms with Gasteiger partial charge in [-0.3, -0.25) is 0 Å². The molecule has 36 heavy (non-hydrogen) atoms. The van der Waals surface area contributed by atoms with Gasteiger partial charge in [-0.25, -0.2) is 9.59 Å². The lowest BCUT2D eigenvalue weighted by Crippen LogP contribution is -2.28. The second-order valence-corrected chi connectivity index (χ2v) is 8.16. The Hall–Kier alpha value is -4.86. The Balaban J connectivity index is 1.48. The summed E-state index contributed by atoms with van der Waals surface area (Å²) in [6.45, 7) is 0. The van der Waals surface area contributed by atoms with Crippen molar-refractivity contribution in [2.45, 2.75) is 25.0 Å². The second kappa shape index (κ2) is 9.79. The van der Waals surface area contributed by atoms with Gasteiger partial charge in [-0.1, -0.05) is 18.2 Å². The van der Waals surface area contributed by atoms with E-state index >= 15 is 0 Å². The van der Waals surface area contributed by atoms with E-state index in [1.165, 1.54) is 42.5 Å². The van der Waals surface area contributed by atoms with Crippen LogP contribution in [0.4, 0.5) is 0 Å². The molecule has 2 atom stereocenters. The van der Waals surface area contributed by atoms with E-state index in [-0.39, 0.29) is 35.2 Å². The molecule has 1 heterocycles. The lowest BCUT2D eigenvalue weighted by Gasteiger charge is -2.13. The van der Waals surface area contributed by atoms with Crippen LogP contribution in [0.25, 0.3) is 6.08 Å². The highest BCUT2D eigenvalue weighted by Crippen LogP contribution is 2.45. The Morgan fingerprint density at radius 3 is 2.25 bits per heavy atom. The van der Waals surface area contributed by atoms with E-state index in [1.54, 1.807) is 12.1 Å². The molecule has 10 nitrogen and oxygen atoms in total. The summed E-state index contributed by atoms with van der Waals surface area (Å²) in [5.41, 5.74) is 2.03. The van der Waals surface area contributed by atoms with Gasteiger partial charge in [0.05, 0.1) is 0 Å². The zero-order chi connectivity index (χ0) is 26.0. The summed E-state index contributed by atoms with van der Waals surface area (Å²) in [6.07, 6.45) is 0.433. The van der Waals surface area contributed by atoms with Crippen molar-refractivity contribution in [1.82, 2.24) is 0 Å². The Kier molecular flexibility index (Phi) is 6.60. The first kappa shape index (κ1) is 24.3. The van der Waals surface area contributed by atoms with Crippen LogP contribution in [0, 0.1) is 0 Å². The fourth-order valence-corrected chi connectivity index (χ4v) is 3.85. The van der Waals surface area contributed by atoms with E-state index in [0.717, 1.165) is 6.08 Å². The minimum atomic E-state index is -1.54. The molecule has 0 aliphatic carbocycles. The number of carboxylic acid groups (broad SMARTS) is 1. The van der Waals surface area contributed by atoms with Crippen molar-refractivity contribution in [3.8, 4) is 34.5 Å². The molecule has 0 saturated carbocycles. The van der Waals surface area contributed by atoms with Crippen LogP contribution in [0.5, 0.6) is 34.5 Å². The summed E-state index contributed by atoms with van der Waals surface area (Å²) in [5.74, 6) is -3.59. The third-order valence-corrected chi connectivity index (χ3v) is 5.69. The number of phenolic OH excluding ortho intramolecular Hbond substituents is 5. The van der Waals surface area contributed by atoms with Crippen LogP contribution in [0.3, 0.4) is 0 Å². The van der Waals surface area contributed by atoms with Gasteiger partial charge < -0.3 is 40.1 Å². The SMILES string of the molecule is O=C(/C=C/c1ccc(O)c2c1CC(c1ccc(O)c(O)c1)O2)O[C@H](Cc1ccc(O)c(O)c1)C(=O)O. The maximum Gasteiger partial charge on any atom is 0.345 e. The molecule has 186 valence electrons. The number of carboxylic acids is 1. The highest BCUT2D eigenvalue weighted by Gasteiger charge is 2.29. The molecule has 0 spiro atoms. The summed E-state index contributed by atoms with van der Waals surface area (Å²) in [5, 5.41) is 57.9. The van der Waals surface area contributed by atoms with E-state index in [9.17, 15) is 40.2 Å². The summed E-state index contributed by atoms with van der Waals surface area (Å²) >= 11 is 0. The number of phenols is 5. The molecule has 0 amide bonds. The van der Waals surface area contributed by atoms with Gasteiger partial charge in [0.15, 0.2) is 34.5 Å². The third kappa shape index (κ3) is 5.12. The number of carbonyl (C=O) groups is 2. The van der Waals surface area contributed by atoms with Gasteiger partial charge in [-0.2, -0.15) is 0 Å². The van der Waals surface area contributed by atoms with Crippen LogP contribution in [0.1, 0.15) is 28.4 Å². The molecular weight excluding hydrogens is 472 g/mol. The zero-order valence-corrected chi connectivity index (χ0v) is 18.7. The largest absolute Gasteiger partial charge is 0.504 e. The highest BCUT2D eigenvalue weighted by atomic mass is 16.6. The number of aromatic hydroxyl groups is 5. The maximum atomic E-state index is 12.4. The number of carbonyl (C=O) groups excluding carboxylic acids is 1. The van der Waals surface area contributed by atoms with Crippen molar-refractivity contribution in [3.05, 3.63) is 76.9 Å². The molecule has 1 aliphatic rings. The van der Waals surface area contributed by atoms with Gasteiger partial charge in [0, 0.05) is 24.5 Å². The van der Waals surface area contributed by atoms with Gasteiger partial charge in [0.25, 0.3) is 0 Å². The van der Waals surface area contributed by atoms with E-state index in [1.807, 2.05) is 0 Å². The minimum Gasteiger partial charge on any atom is -0.504 e. The lowest BCUT2D eigenvalue weighted by molar-refractivity contribution is -0.160. The number of benzene rings is 3. The number of fused-ring (bicyclic) bond motifs is 1. The Labute approximate surface area is 204 Å². The van der Waals surface area contributed by atoms with Crippen LogP contribution in [0.2, 0.25) is 0 Å². The number of aliphatic carboxylic acids is 1. The fraction of sp³-hybridized carbons (Fsp3) is 0.154. The standard InChI is InChI=1S/C26H22O10/c27-17-5-1-13(9-20(17)30)10-23(26(33)34)35-24(32)8-4-14-2-7-19(29)25-16(14)12-22(36-25)15-3-6-18(28)21(31)11-15/h1-9,11,22-23,27-31H,10,12H2,(H,33,34)/b8-4+/t22?,23-/m1/s1. The summed E-state index contributed by atoms with van der Waals surface area (Å²) in [4.78, 5) is 24.0. The Morgan fingerprint density at radius 1 is 0.917 bits per heavy atom. The van der Waals surface area contributed by atoms with Crippen molar-refractivity contribution < 1.29 is 49.7 Å². The van der Waals surface area contributed by atoms with E-state index < -0.39 is 29.9 Å². The summed E-state index contributed by atoms with van der Waals surface area (Å²) < 4.78 is 10.9. The quantitative estimate of drug-likeness (QED) is 0.163. The van der Waals surface area contributed by atoms with Crippen molar-refractivity contribution in [2.75, 3.05) is 0 Å². The molecule has 3 aromatic carbocycles. The maximum absolute atomic E-state index is 12.4. The van der Waals surface area contributed by atoms with Crippen molar-refractivity contribution >= 4 is 18.0 Å². The minimum absolute atomic E-state index is 0.113. The van der Waals surface area contributed by atoms with Gasteiger partial charge in [-0.15, -0.1) is 0 Å². The molecule has 4 rings (SSSR count). The highest BCUT2D eigenvalue weighted by molar-refractivity contribution is 5.89. The molecule has 0 saturated heterocycles. The monoisotopic (exact) mass is 494 g/mol. The second-order valence-electron chi connectivity index (χ2n) is 8.16. The van der Waals surface area contributed by atoms with Gasteiger partial charge in [-0.05, 0) is 53.1 Å². The molecule has 0 bridgehead atoms. The molecule has 0 fully saturated rings. The average molecular weight is 494 g/mol. The number of hydrogen-bond acceptors (Lipinski definition) is 9. The van der Waals surface area contributed by atoms with Gasteiger partial charge in [0.1, 0.15) is 6.10 Å². The normalized spacial score (nSPS) is 15.3. The van der Waals surface area contributed by atoms with Crippen molar-refractivity contribution in [3.63, 3.8) is 0 Å². The fourth-order valence-electron chi connectivity index (χ4n) is 3.85.